The number of fused-ring (bicyclic) bond motifs is 1. The molecule has 4 nitrogen and oxygen atoms in total. The van der Waals surface area contributed by atoms with E-state index in [-0.39, 0.29) is 6.61 Å². The molecular formula is C18H20ClN3OS2. The van der Waals surface area contributed by atoms with Gasteiger partial charge in [0.05, 0.1) is 16.8 Å². The number of aliphatic hydroxyl groups excluding tert-OH is 1. The quantitative estimate of drug-likeness (QED) is 0.720. The SMILES string of the molecule is OCc1ccc(CN2CCCN(c3nc4ccc(Cl)cc4s3)CC2)s1. The van der Waals surface area contributed by atoms with Crippen LogP contribution in [0.4, 0.5) is 5.13 Å². The molecule has 3 heterocycles. The van der Waals surface area contributed by atoms with Gasteiger partial charge in [0.2, 0.25) is 0 Å². The Kier molecular flexibility index (Phi) is 5.24. The highest BCUT2D eigenvalue weighted by molar-refractivity contribution is 7.22. The van der Waals surface area contributed by atoms with Gasteiger partial charge in [-0.2, -0.15) is 0 Å². The van der Waals surface area contributed by atoms with Crippen molar-refractivity contribution in [1.82, 2.24) is 9.88 Å². The highest BCUT2D eigenvalue weighted by atomic mass is 35.5. The maximum absolute atomic E-state index is 9.22. The highest BCUT2D eigenvalue weighted by Gasteiger charge is 2.18. The third kappa shape index (κ3) is 3.99. The Balaban J connectivity index is 1.43. The highest BCUT2D eigenvalue weighted by Crippen LogP contribution is 2.31. The summed E-state index contributed by atoms with van der Waals surface area (Å²) in [7, 11) is 0. The molecule has 1 aliphatic rings. The normalized spacial score (nSPS) is 16.5. The van der Waals surface area contributed by atoms with Gasteiger partial charge in [-0.05, 0) is 36.8 Å². The van der Waals surface area contributed by atoms with Crippen molar-refractivity contribution in [2.24, 2.45) is 0 Å². The van der Waals surface area contributed by atoms with E-state index in [0.717, 1.165) is 64.4 Å². The van der Waals surface area contributed by atoms with E-state index in [1.807, 2.05) is 24.3 Å². The van der Waals surface area contributed by atoms with Crippen LogP contribution >= 0.6 is 34.3 Å². The Labute approximate surface area is 160 Å². The van der Waals surface area contributed by atoms with Gasteiger partial charge in [0.1, 0.15) is 0 Å². The zero-order valence-corrected chi connectivity index (χ0v) is 16.2. The molecule has 0 spiro atoms. The summed E-state index contributed by atoms with van der Waals surface area (Å²) in [4.78, 5) is 12.0. The lowest BCUT2D eigenvalue weighted by molar-refractivity contribution is 0.285. The Hall–Kier alpha value is -1.18. The molecular weight excluding hydrogens is 374 g/mol. The number of benzene rings is 1. The minimum Gasteiger partial charge on any atom is -0.391 e. The number of halogens is 1. The zero-order valence-electron chi connectivity index (χ0n) is 13.8. The standard InChI is InChI=1S/C18H20ClN3OS2/c19-13-2-5-16-17(10-13)25-18(20-16)22-7-1-6-21(8-9-22)11-14-3-4-15(12-23)24-14/h2-5,10,23H,1,6-9,11-12H2. The summed E-state index contributed by atoms with van der Waals surface area (Å²) in [6.45, 7) is 5.26. The van der Waals surface area contributed by atoms with Crippen molar-refractivity contribution in [3.05, 3.63) is 45.1 Å². The van der Waals surface area contributed by atoms with Gasteiger partial charge in [0.15, 0.2) is 5.13 Å². The Morgan fingerprint density at radius 2 is 1.92 bits per heavy atom. The monoisotopic (exact) mass is 393 g/mol. The van der Waals surface area contributed by atoms with Crippen molar-refractivity contribution in [3.63, 3.8) is 0 Å². The predicted octanol–water partition coefficient (Wildman–Crippen LogP) is 4.22. The van der Waals surface area contributed by atoms with Gasteiger partial charge in [0.25, 0.3) is 0 Å². The van der Waals surface area contributed by atoms with Crippen LogP contribution in [-0.4, -0.2) is 41.2 Å². The van der Waals surface area contributed by atoms with E-state index in [0.29, 0.717) is 0 Å². The number of nitrogens with zero attached hydrogens (tertiary/aromatic N) is 3. The van der Waals surface area contributed by atoms with Crippen LogP contribution in [0.25, 0.3) is 10.2 Å². The molecule has 0 amide bonds. The van der Waals surface area contributed by atoms with Gasteiger partial charge in [-0.1, -0.05) is 22.9 Å². The molecule has 0 saturated carbocycles. The van der Waals surface area contributed by atoms with Crippen molar-refractivity contribution >= 4 is 49.6 Å². The number of thiazole rings is 1. The summed E-state index contributed by atoms with van der Waals surface area (Å²) < 4.78 is 1.15. The van der Waals surface area contributed by atoms with Crippen molar-refractivity contribution < 1.29 is 5.11 Å². The molecule has 0 unspecified atom stereocenters. The first kappa shape index (κ1) is 17.2. The molecule has 0 radical (unpaired) electrons. The summed E-state index contributed by atoms with van der Waals surface area (Å²) in [6.07, 6.45) is 1.13. The molecule has 0 atom stereocenters. The van der Waals surface area contributed by atoms with Crippen LogP contribution in [-0.2, 0) is 13.2 Å². The largest absolute Gasteiger partial charge is 0.391 e. The van der Waals surface area contributed by atoms with Crippen molar-refractivity contribution in [2.45, 2.75) is 19.6 Å². The molecule has 132 valence electrons. The number of aliphatic hydroxyl groups is 1. The lowest BCUT2D eigenvalue weighted by atomic mass is 10.3. The molecule has 0 aliphatic carbocycles. The second kappa shape index (κ2) is 7.60. The molecule has 7 heteroatoms. The molecule has 3 aromatic rings. The van der Waals surface area contributed by atoms with Crippen LogP contribution in [0, 0.1) is 0 Å². The fourth-order valence-electron chi connectivity index (χ4n) is 3.15. The molecule has 4 rings (SSSR count). The number of thiophene rings is 1. The fraction of sp³-hybridized carbons (Fsp3) is 0.389. The average Bonchev–Trinajstić information content (AvgIpc) is 3.16. The summed E-state index contributed by atoms with van der Waals surface area (Å²) in [5.41, 5.74) is 1.03. The first-order valence-electron chi connectivity index (χ1n) is 8.43. The molecule has 0 bridgehead atoms. The van der Waals surface area contributed by atoms with E-state index in [1.165, 1.54) is 4.88 Å². The van der Waals surface area contributed by atoms with Crippen LogP contribution in [0.15, 0.2) is 30.3 Å². The van der Waals surface area contributed by atoms with Gasteiger partial charge < -0.3 is 10.0 Å². The van der Waals surface area contributed by atoms with Crippen LogP contribution < -0.4 is 4.90 Å². The smallest absolute Gasteiger partial charge is 0.186 e. The van der Waals surface area contributed by atoms with E-state index < -0.39 is 0 Å². The average molecular weight is 394 g/mol. The topological polar surface area (TPSA) is 39.6 Å². The van der Waals surface area contributed by atoms with E-state index in [2.05, 4.69) is 15.9 Å². The summed E-state index contributed by atoms with van der Waals surface area (Å²) in [5.74, 6) is 0. The molecule has 1 saturated heterocycles. The molecule has 1 aromatic carbocycles. The maximum Gasteiger partial charge on any atom is 0.186 e. The summed E-state index contributed by atoms with van der Waals surface area (Å²) in [6, 6.07) is 10.1. The van der Waals surface area contributed by atoms with Crippen molar-refractivity contribution in [2.75, 3.05) is 31.1 Å². The third-order valence-electron chi connectivity index (χ3n) is 4.45. The summed E-state index contributed by atoms with van der Waals surface area (Å²) in [5, 5.41) is 11.1. The molecule has 25 heavy (non-hydrogen) atoms. The number of hydrogen-bond donors (Lipinski definition) is 1. The van der Waals surface area contributed by atoms with Gasteiger partial charge in [-0.15, -0.1) is 11.3 Å². The number of hydrogen-bond acceptors (Lipinski definition) is 6. The summed E-state index contributed by atoms with van der Waals surface area (Å²) >= 11 is 9.52. The third-order valence-corrected chi connectivity index (χ3v) is 6.82. The van der Waals surface area contributed by atoms with Crippen molar-refractivity contribution in [1.29, 1.82) is 0 Å². The number of aromatic nitrogens is 1. The van der Waals surface area contributed by atoms with Gasteiger partial charge >= 0.3 is 0 Å². The van der Waals surface area contributed by atoms with E-state index >= 15 is 0 Å². The first-order valence-corrected chi connectivity index (χ1v) is 10.4. The Morgan fingerprint density at radius 3 is 2.76 bits per heavy atom. The van der Waals surface area contributed by atoms with E-state index in [1.54, 1.807) is 22.7 Å². The van der Waals surface area contributed by atoms with Gasteiger partial charge in [-0.3, -0.25) is 4.90 Å². The zero-order chi connectivity index (χ0) is 17.2. The minimum atomic E-state index is 0.139. The lowest BCUT2D eigenvalue weighted by Crippen LogP contribution is -2.30. The lowest BCUT2D eigenvalue weighted by Gasteiger charge is -2.20. The second-order valence-corrected chi connectivity index (χ2v) is 8.95. The Bertz CT molecular complexity index is 863. The molecule has 1 aliphatic heterocycles. The van der Waals surface area contributed by atoms with E-state index in [4.69, 9.17) is 16.6 Å². The van der Waals surface area contributed by atoms with Crippen LogP contribution in [0.2, 0.25) is 5.02 Å². The number of anilines is 1. The van der Waals surface area contributed by atoms with E-state index in [9.17, 15) is 5.11 Å². The van der Waals surface area contributed by atoms with Gasteiger partial charge in [0, 0.05) is 47.5 Å². The Morgan fingerprint density at radius 1 is 1.04 bits per heavy atom. The van der Waals surface area contributed by atoms with Gasteiger partial charge in [-0.25, -0.2) is 4.98 Å². The maximum atomic E-state index is 9.22. The fourth-order valence-corrected chi connectivity index (χ4v) is 5.37. The minimum absolute atomic E-state index is 0.139. The molecule has 1 fully saturated rings. The first-order chi connectivity index (χ1) is 12.2. The van der Waals surface area contributed by atoms with Crippen molar-refractivity contribution in [3.8, 4) is 0 Å². The predicted molar refractivity (Wildman–Crippen MR) is 107 cm³/mol. The molecule has 1 N–H and O–H groups in total. The molecule has 2 aromatic heterocycles. The van der Waals surface area contributed by atoms with Crippen LogP contribution in [0.5, 0.6) is 0 Å². The second-order valence-electron chi connectivity index (χ2n) is 6.25. The number of rotatable bonds is 4. The van der Waals surface area contributed by atoms with Crippen LogP contribution in [0.1, 0.15) is 16.2 Å². The van der Waals surface area contributed by atoms with Crippen LogP contribution in [0.3, 0.4) is 0 Å².